The first-order valence-electron chi connectivity index (χ1n) is 6.11. The standard InChI is InChI=1S/C12H21N5O2/c1-5-17-9(8(13)7(2)16-17)10(18)15-6-12(3,4)11(14)19/h5-6,13H2,1-4H3,(H2,14,19)(H,15,18). The van der Waals surface area contributed by atoms with Crippen LogP contribution in [0.4, 0.5) is 5.69 Å². The molecule has 106 valence electrons. The van der Waals surface area contributed by atoms with Crippen molar-refractivity contribution in [2.24, 2.45) is 11.1 Å². The second kappa shape index (κ2) is 5.29. The Bertz CT molecular complexity index is 504. The van der Waals surface area contributed by atoms with Crippen LogP contribution in [0.1, 0.15) is 37.0 Å². The third kappa shape index (κ3) is 3.04. The third-order valence-electron chi connectivity index (χ3n) is 3.05. The largest absolute Gasteiger partial charge is 0.395 e. The smallest absolute Gasteiger partial charge is 0.271 e. The third-order valence-corrected chi connectivity index (χ3v) is 3.05. The molecular formula is C12H21N5O2. The molecule has 19 heavy (non-hydrogen) atoms. The molecule has 2 amide bonds. The number of aryl methyl sites for hydroxylation is 2. The molecular weight excluding hydrogens is 246 g/mol. The summed E-state index contributed by atoms with van der Waals surface area (Å²) >= 11 is 0. The highest BCUT2D eigenvalue weighted by atomic mass is 16.2. The van der Waals surface area contributed by atoms with Crippen LogP contribution in [-0.4, -0.2) is 28.1 Å². The zero-order valence-electron chi connectivity index (χ0n) is 11.8. The zero-order valence-corrected chi connectivity index (χ0v) is 11.8. The maximum Gasteiger partial charge on any atom is 0.271 e. The summed E-state index contributed by atoms with van der Waals surface area (Å²) in [5.41, 5.74) is 11.6. The summed E-state index contributed by atoms with van der Waals surface area (Å²) in [6.45, 7) is 7.64. The maximum absolute atomic E-state index is 12.1. The fraction of sp³-hybridized carbons (Fsp3) is 0.583. The highest BCUT2D eigenvalue weighted by molar-refractivity contribution is 5.98. The molecule has 1 heterocycles. The van der Waals surface area contributed by atoms with Crippen molar-refractivity contribution in [1.82, 2.24) is 15.1 Å². The van der Waals surface area contributed by atoms with E-state index in [1.807, 2.05) is 6.92 Å². The highest BCUT2D eigenvalue weighted by Crippen LogP contribution is 2.17. The number of nitrogen functional groups attached to an aromatic ring is 1. The molecule has 0 atom stereocenters. The number of hydrogen-bond acceptors (Lipinski definition) is 4. The Hall–Kier alpha value is -2.05. The summed E-state index contributed by atoms with van der Waals surface area (Å²) in [6.07, 6.45) is 0. The lowest BCUT2D eigenvalue weighted by molar-refractivity contribution is -0.125. The molecule has 0 unspecified atom stereocenters. The summed E-state index contributed by atoms with van der Waals surface area (Å²) in [4.78, 5) is 23.3. The van der Waals surface area contributed by atoms with Crippen molar-refractivity contribution in [3.05, 3.63) is 11.4 Å². The molecule has 0 aliphatic heterocycles. The average molecular weight is 267 g/mol. The van der Waals surface area contributed by atoms with E-state index in [9.17, 15) is 9.59 Å². The van der Waals surface area contributed by atoms with Gasteiger partial charge in [-0.25, -0.2) is 0 Å². The SMILES string of the molecule is CCn1nc(C)c(N)c1C(=O)NCC(C)(C)C(N)=O. The van der Waals surface area contributed by atoms with Gasteiger partial charge in [0, 0.05) is 13.1 Å². The van der Waals surface area contributed by atoms with E-state index in [2.05, 4.69) is 10.4 Å². The monoisotopic (exact) mass is 267 g/mol. The Balaban J connectivity index is 2.88. The zero-order chi connectivity index (χ0) is 14.8. The minimum Gasteiger partial charge on any atom is -0.395 e. The molecule has 0 aliphatic rings. The van der Waals surface area contributed by atoms with Crippen molar-refractivity contribution in [3.8, 4) is 0 Å². The van der Waals surface area contributed by atoms with Crippen molar-refractivity contribution in [2.75, 3.05) is 12.3 Å². The van der Waals surface area contributed by atoms with Gasteiger partial charge in [-0.15, -0.1) is 0 Å². The van der Waals surface area contributed by atoms with Crippen LogP contribution in [0.2, 0.25) is 0 Å². The van der Waals surface area contributed by atoms with Gasteiger partial charge in [-0.3, -0.25) is 14.3 Å². The first kappa shape index (κ1) is 15.0. The first-order valence-corrected chi connectivity index (χ1v) is 6.11. The summed E-state index contributed by atoms with van der Waals surface area (Å²) in [5, 5.41) is 6.84. The number of nitrogens with zero attached hydrogens (tertiary/aromatic N) is 2. The molecule has 0 spiro atoms. The molecule has 1 aromatic rings. The van der Waals surface area contributed by atoms with Gasteiger partial charge >= 0.3 is 0 Å². The Morgan fingerprint density at radius 1 is 1.42 bits per heavy atom. The number of aromatic nitrogens is 2. The van der Waals surface area contributed by atoms with Crippen LogP contribution in [0, 0.1) is 12.3 Å². The molecule has 0 aromatic carbocycles. The first-order chi connectivity index (χ1) is 8.70. The van der Waals surface area contributed by atoms with Gasteiger partial charge in [0.15, 0.2) is 0 Å². The van der Waals surface area contributed by atoms with Crippen molar-refractivity contribution in [2.45, 2.75) is 34.2 Å². The topological polar surface area (TPSA) is 116 Å². The lowest BCUT2D eigenvalue weighted by Crippen LogP contribution is -2.42. The molecule has 1 rings (SSSR count). The number of anilines is 1. The lowest BCUT2D eigenvalue weighted by Gasteiger charge is -2.20. The van der Waals surface area contributed by atoms with Crippen molar-refractivity contribution in [1.29, 1.82) is 0 Å². The second-order valence-corrected chi connectivity index (χ2v) is 5.09. The Labute approximate surface area is 112 Å². The number of amides is 2. The van der Waals surface area contributed by atoms with Gasteiger partial charge in [0.1, 0.15) is 5.69 Å². The summed E-state index contributed by atoms with van der Waals surface area (Å²) < 4.78 is 1.54. The van der Waals surface area contributed by atoms with Gasteiger partial charge in [-0.1, -0.05) is 0 Å². The fourth-order valence-corrected chi connectivity index (χ4v) is 1.54. The molecule has 0 radical (unpaired) electrons. The van der Waals surface area contributed by atoms with E-state index in [0.29, 0.717) is 23.6 Å². The molecule has 0 fully saturated rings. The molecule has 5 N–H and O–H groups in total. The van der Waals surface area contributed by atoms with Crippen LogP contribution in [0.15, 0.2) is 0 Å². The molecule has 0 saturated heterocycles. The van der Waals surface area contributed by atoms with Crippen molar-refractivity contribution < 1.29 is 9.59 Å². The van der Waals surface area contributed by atoms with E-state index >= 15 is 0 Å². The fourth-order valence-electron chi connectivity index (χ4n) is 1.54. The number of carbonyl (C=O) groups is 2. The van der Waals surface area contributed by atoms with Crippen LogP contribution in [0.25, 0.3) is 0 Å². The minimum atomic E-state index is -0.809. The number of primary amides is 1. The minimum absolute atomic E-state index is 0.147. The number of carbonyl (C=O) groups excluding carboxylic acids is 2. The van der Waals surface area contributed by atoms with Crippen molar-refractivity contribution in [3.63, 3.8) is 0 Å². The van der Waals surface area contributed by atoms with E-state index in [0.717, 1.165) is 0 Å². The van der Waals surface area contributed by atoms with E-state index in [-0.39, 0.29) is 12.5 Å². The van der Waals surface area contributed by atoms with Crippen LogP contribution in [0.3, 0.4) is 0 Å². The summed E-state index contributed by atoms with van der Waals surface area (Å²) in [6, 6.07) is 0. The summed E-state index contributed by atoms with van der Waals surface area (Å²) in [5.74, 6) is -0.824. The highest BCUT2D eigenvalue weighted by Gasteiger charge is 2.27. The molecule has 1 aromatic heterocycles. The predicted molar refractivity (Wildman–Crippen MR) is 72.4 cm³/mol. The molecule has 7 nitrogen and oxygen atoms in total. The average Bonchev–Trinajstić information content (AvgIpc) is 2.62. The molecule has 0 saturated carbocycles. The predicted octanol–water partition coefficient (Wildman–Crippen LogP) is 0.0349. The Kier molecular flexibility index (Phi) is 4.18. The summed E-state index contributed by atoms with van der Waals surface area (Å²) in [7, 11) is 0. The molecule has 0 bridgehead atoms. The van der Waals surface area contributed by atoms with Crippen LogP contribution < -0.4 is 16.8 Å². The van der Waals surface area contributed by atoms with Crippen LogP contribution in [-0.2, 0) is 11.3 Å². The quantitative estimate of drug-likeness (QED) is 0.698. The Morgan fingerprint density at radius 3 is 2.47 bits per heavy atom. The van der Waals surface area contributed by atoms with Gasteiger partial charge in [-0.05, 0) is 27.7 Å². The number of rotatable bonds is 5. The normalized spacial score (nSPS) is 11.4. The van der Waals surface area contributed by atoms with Gasteiger partial charge in [0.2, 0.25) is 5.91 Å². The van der Waals surface area contributed by atoms with Gasteiger partial charge < -0.3 is 16.8 Å². The van der Waals surface area contributed by atoms with Crippen LogP contribution in [0.5, 0.6) is 0 Å². The number of nitrogens with two attached hydrogens (primary N) is 2. The van der Waals surface area contributed by atoms with E-state index in [1.165, 1.54) is 4.68 Å². The van der Waals surface area contributed by atoms with E-state index in [4.69, 9.17) is 11.5 Å². The second-order valence-electron chi connectivity index (χ2n) is 5.09. The molecule has 0 aliphatic carbocycles. The van der Waals surface area contributed by atoms with Gasteiger partial charge in [0.05, 0.1) is 16.8 Å². The Morgan fingerprint density at radius 2 is 2.00 bits per heavy atom. The van der Waals surface area contributed by atoms with Gasteiger partial charge in [-0.2, -0.15) is 5.10 Å². The number of hydrogen-bond donors (Lipinski definition) is 3. The number of nitrogens with one attached hydrogen (secondary N) is 1. The lowest BCUT2D eigenvalue weighted by atomic mass is 9.93. The van der Waals surface area contributed by atoms with E-state index in [1.54, 1.807) is 20.8 Å². The van der Waals surface area contributed by atoms with Crippen LogP contribution >= 0.6 is 0 Å². The van der Waals surface area contributed by atoms with E-state index < -0.39 is 11.3 Å². The molecule has 7 heteroatoms. The van der Waals surface area contributed by atoms with Crippen molar-refractivity contribution >= 4 is 17.5 Å². The maximum atomic E-state index is 12.1. The van der Waals surface area contributed by atoms with Gasteiger partial charge in [0.25, 0.3) is 5.91 Å².